The molecule has 0 radical (unpaired) electrons. The first kappa shape index (κ1) is 13.2. The van der Waals surface area contributed by atoms with Crippen molar-refractivity contribution in [1.82, 2.24) is 10.2 Å². The van der Waals surface area contributed by atoms with Crippen LogP contribution in [0.1, 0.15) is 0 Å². The highest BCUT2D eigenvalue weighted by Crippen LogP contribution is 2.28. The third-order valence-corrected chi connectivity index (χ3v) is 2.95. The van der Waals surface area contributed by atoms with Crippen molar-refractivity contribution in [1.29, 1.82) is 0 Å². The zero-order valence-corrected chi connectivity index (χ0v) is 11.2. The second-order valence-corrected chi connectivity index (χ2v) is 4.11. The number of ether oxygens (including phenoxy) is 1. The number of nitrogen functional groups attached to an aromatic ring is 1. The number of methoxy groups -OCH3 is 1. The fraction of sp³-hybridized carbons (Fsp3) is 0.0714. The largest absolute Gasteiger partial charge is 0.497 e. The number of aromatic nitrogens is 2. The zero-order chi connectivity index (χ0) is 12.5. The van der Waals surface area contributed by atoms with Gasteiger partial charge in [0.1, 0.15) is 5.75 Å². The highest BCUT2D eigenvalue weighted by Gasteiger charge is 2.08. The first-order valence-electron chi connectivity index (χ1n) is 5.66. The van der Waals surface area contributed by atoms with Crippen LogP contribution < -0.4 is 10.5 Å². The van der Waals surface area contributed by atoms with Crippen molar-refractivity contribution < 1.29 is 4.74 Å². The van der Waals surface area contributed by atoms with Crippen LogP contribution in [0.3, 0.4) is 0 Å². The second-order valence-electron chi connectivity index (χ2n) is 4.11. The van der Waals surface area contributed by atoms with E-state index in [0.717, 1.165) is 33.6 Å². The number of nitrogens with zero attached hydrogens (tertiary/aromatic N) is 1. The number of fused-ring (bicyclic) bond motifs is 1. The highest BCUT2D eigenvalue weighted by atomic mass is 35.5. The predicted molar refractivity (Wildman–Crippen MR) is 79.7 cm³/mol. The number of H-pyrrole nitrogens is 1. The molecule has 0 saturated heterocycles. The van der Waals surface area contributed by atoms with Crippen LogP contribution in [-0.2, 0) is 0 Å². The summed E-state index contributed by atoms with van der Waals surface area (Å²) in [5.74, 6) is 0.832. The van der Waals surface area contributed by atoms with Crippen LogP contribution in [0.5, 0.6) is 5.75 Å². The van der Waals surface area contributed by atoms with Gasteiger partial charge in [-0.25, -0.2) is 0 Å². The number of benzene rings is 2. The van der Waals surface area contributed by atoms with Crippen LogP contribution in [0.4, 0.5) is 5.69 Å². The van der Waals surface area contributed by atoms with Gasteiger partial charge in [-0.1, -0.05) is 0 Å². The number of nitrogens with one attached hydrogen (secondary N) is 1. The van der Waals surface area contributed by atoms with E-state index in [9.17, 15) is 0 Å². The van der Waals surface area contributed by atoms with E-state index >= 15 is 0 Å². The number of anilines is 1. The molecule has 0 saturated carbocycles. The topological polar surface area (TPSA) is 63.9 Å². The summed E-state index contributed by atoms with van der Waals surface area (Å²) in [6.07, 6.45) is 0. The maximum absolute atomic E-state index is 5.81. The van der Waals surface area contributed by atoms with E-state index in [1.54, 1.807) is 7.11 Å². The third kappa shape index (κ3) is 2.35. The van der Waals surface area contributed by atoms with Gasteiger partial charge in [-0.15, -0.1) is 12.4 Å². The first-order valence-corrected chi connectivity index (χ1v) is 5.66. The molecule has 0 aliphatic carbocycles. The van der Waals surface area contributed by atoms with Crippen molar-refractivity contribution in [2.45, 2.75) is 0 Å². The number of nitrogens with two attached hydrogens (primary N) is 1. The number of halogens is 1. The first-order chi connectivity index (χ1) is 8.78. The molecular weight excluding hydrogens is 262 g/mol. The number of rotatable bonds is 2. The highest BCUT2D eigenvalue weighted by molar-refractivity contribution is 5.94. The van der Waals surface area contributed by atoms with E-state index < -0.39 is 0 Å². The summed E-state index contributed by atoms with van der Waals surface area (Å²) < 4.78 is 5.14. The Morgan fingerprint density at radius 3 is 2.53 bits per heavy atom. The lowest BCUT2D eigenvalue weighted by Gasteiger charge is -2.01. The maximum Gasteiger partial charge on any atom is 0.118 e. The van der Waals surface area contributed by atoms with Crippen molar-refractivity contribution >= 4 is 29.0 Å². The minimum Gasteiger partial charge on any atom is -0.497 e. The van der Waals surface area contributed by atoms with Crippen LogP contribution in [-0.4, -0.2) is 17.3 Å². The molecule has 3 rings (SSSR count). The van der Waals surface area contributed by atoms with E-state index in [1.807, 2.05) is 42.5 Å². The number of aromatic amines is 1. The Hall–Kier alpha value is -2.20. The Balaban J connectivity index is 0.00000133. The van der Waals surface area contributed by atoms with E-state index in [-0.39, 0.29) is 12.4 Å². The van der Waals surface area contributed by atoms with Gasteiger partial charge in [0.15, 0.2) is 0 Å². The second kappa shape index (κ2) is 5.20. The summed E-state index contributed by atoms with van der Waals surface area (Å²) in [7, 11) is 1.65. The number of hydrogen-bond donors (Lipinski definition) is 2. The molecule has 19 heavy (non-hydrogen) atoms. The molecule has 3 aromatic rings. The average Bonchev–Trinajstić information content (AvgIpc) is 2.82. The van der Waals surface area contributed by atoms with Crippen molar-refractivity contribution in [2.75, 3.05) is 12.8 Å². The Labute approximate surface area is 117 Å². The lowest BCUT2D eigenvalue weighted by atomic mass is 10.1. The molecule has 0 aliphatic heterocycles. The maximum atomic E-state index is 5.81. The van der Waals surface area contributed by atoms with E-state index in [0.29, 0.717) is 0 Å². The molecule has 0 unspecified atom stereocenters. The molecule has 4 nitrogen and oxygen atoms in total. The summed E-state index contributed by atoms with van der Waals surface area (Å²) in [5, 5.41) is 8.37. The quantitative estimate of drug-likeness (QED) is 0.706. The zero-order valence-electron chi connectivity index (χ0n) is 10.4. The van der Waals surface area contributed by atoms with Crippen molar-refractivity contribution in [2.24, 2.45) is 0 Å². The van der Waals surface area contributed by atoms with Crippen LogP contribution >= 0.6 is 12.4 Å². The fourth-order valence-corrected chi connectivity index (χ4v) is 2.00. The number of hydrogen-bond acceptors (Lipinski definition) is 3. The summed E-state index contributed by atoms with van der Waals surface area (Å²) in [6.45, 7) is 0. The molecule has 1 aromatic heterocycles. The Morgan fingerprint density at radius 1 is 1.11 bits per heavy atom. The Kier molecular flexibility index (Phi) is 3.62. The minimum absolute atomic E-state index is 0. The summed E-state index contributed by atoms with van der Waals surface area (Å²) >= 11 is 0. The van der Waals surface area contributed by atoms with Crippen LogP contribution in [0.25, 0.3) is 22.2 Å². The lowest BCUT2D eigenvalue weighted by molar-refractivity contribution is 0.415. The van der Waals surface area contributed by atoms with Crippen LogP contribution in [0.2, 0.25) is 0 Å². The molecular formula is C14H14ClN3O. The van der Waals surface area contributed by atoms with Gasteiger partial charge >= 0.3 is 0 Å². The van der Waals surface area contributed by atoms with Gasteiger partial charge in [-0.05, 0) is 42.5 Å². The normalized spacial score (nSPS) is 10.2. The van der Waals surface area contributed by atoms with E-state index in [1.165, 1.54) is 0 Å². The molecule has 1 heterocycles. The predicted octanol–water partition coefficient (Wildman–Crippen LogP) is 3.24. The van der Waals surface area contributed by atoms with Crippen molar-refractivity contribution in [3.8, 4) is 17.0 Å². The van der Waals surface area contributed by atoms with Crippen molar-refractivity contribution in [3.63, 3.8) is 0 Å². The molecule has 5 heteroatoms. The molecule has 0 atom stereocenters. The fourth-order valence-electron chi connectivity index (χ4n) is 2.00. The summed E-state index contributed by atoms with van der Waals surface area (Å²) in [6, 6.07) is 13.5. The molecule has 0 bridgehead atoms. The van der Waals surface area contributed by atoms with Gasteiger partial charge < -0.3 is 10.5 Å². The summed E-state index contributed by atoms with van der Waals surface area (Å²) in [5.41, 5.74) is 9.47. The Bertz CT molecular complexity index is 691. The van der Waals surface area contributed by atoms with Crippen molar-refractivity contribution in [3.05, 3.63) is 42.5 Å². The monoisotopic (exact) mass is 275 g/mol. The van der Waals surface area contributed by atoms with Gasteiger partial charge in [0.05, 0.1) is 18.3 Å². The minimum atomic E-state index is 0. The molecule has 0 aliphatic rings. The van der Waals surface area contributed by atoms with Gasteiger partial charge in [0.25, 0.3) is 0 Å². The van der Waals surface area contributed by atoms with Gasteiger partial charge in [0, 0.05) is 16.6 Å². The van der Waals surface area contributed by atoms with Gasteiger partial charge in [-0.3, -0.25) is 5.10 Å². The van der Waals surface area contributed by atoms with Gasteiger partial charge in [0.2, 0.25) is 0 Å². The molecule has 0 spiro atoms. The van der Waals surface area contributed by atoms with E-state index in [4.69, 9.17) is 10.5 Å². The SMILES string of the molecule is COc1ccc(-c2n[nH]c3ccc(N)cc23)cc1.Cl. The standard InChI is InChI=1S/C14H13N3O.ClH/c1-18-11-5-2-9(3-6-11)14-12-8-10(15)4-7-13(12)16-17-14;/h2-8H,15H2,1H3,(H,16,17);1H. The smallest absolute Gasteiger partial charge is 0.118 e. The summed E-state index contributed by atoms with van der Waals surface area (Å²) in [4.78, 5) is 0. The third-order valence-electron chi connectivity index (χ3n) is 2.95. The van der Waals surface area contributed by atoms with E-state index in [2.05, 4.69) is 10.2 Å². The molecule has 0 amide bonds. The molecule has 98 valence electrons. The molecule has 3 N–H and O–H groups in total. The molecule has 0 fully saturated rings. The lowest BCUT2D eigenvalue weighted by Crippen LogP contribution is -1.85. The molecule has 2 aromatic carbocycles. The van der Waals surface area contributed by atoms with Crippen LogP contribution in [0.15, 0.2) is 42.5 Å². The Morgan fingerprint density at radius 2 is 1.84 bits per heavy atom. The average molecular weight is 276 g/mol. The van der Waals surface area contributed by atoms with Crippen LogP contribution in [0, 0.1) is 0 Å². The van der Waals surface area contributed by atoms with Gasteiger partial charge in [-0.2, -0.15) is 5.10 Å².